The molecular weight excluding hydrogens is 270 g/mol. The Hall–Kier alpha value is -0.740. The molecule has 88 valence electrons. The van der Waals surface area contributed by atoms with E-state index in [1.54, 1.807) is 14.2 Å². The van der Waals surface area contributed by atoms with Crippen LogP contribution in [0.3, 0.4) is 0 Å². The molecule has 0 radical (unpaired) electrons. The second-order valence-corrected chi connectivity index (χ2v) is 4.84. The predicted molar refractivity (Wildman–Crippen MR) is 67.1 cm³/mol. The second-order valence-electron chi connectivity index (χ2n) is 4.04. The molecule has 1 aromatic rings. The van der Waals surface area contributed by atoms with Gasteiger partial charge in [0.05, 0.1) is 18.7 Å². The molecule has 1 aromatic carbocycles. The van der Waals surface area contributed by atoms with Crippen molar-refractivity contribution in [3.8, 4) is 11.5 Å². The largest absolute Gasteiger partial charge is 0.493 e. The highest BCUT2D eigenvalue weighted by Crippen LogP contribution is 2.52. The highest BCUT2D eigenvalue weighted by molar-refractivity contribution is 9.10. The van der Waals surface area contributed by atoms with E-state index >= 15 is 0 Å². The topological polar surface area (TPSA) is 44.5 Å². The summed E-state index contributed by atoms with van der Waals surface area (Å²) in [4.78, 5) is 0. The van der Waals surface area contributed by atoms with Crippen LogP contribution < -0.4 is 15.2 Å². The molecule has 0 bridgehead atoms. The Kier molecular flexibility index (Phi) is 3.40. The molecule has 2 N–H and O–H groups in total. The minimum atomic E-state index is 0.569. The first-order valence-electron chi connectivity index (χ1n) is 5.33. The van der Waals surface area contributed by atoms with Gasteiger partial charge in [0.15, 0.2) is 11.5 Å². The van der Waals surface area contributed by atoms with Crippen molar-refractivity contribution in [3.05, 3.63) is 22.2 Å². The fraction of sp³-hybridized carbons (Fsp3) is 0.500. The van der Waals surface area contributed by atoms with Gasteiger partial charge in [0.2, 0.25) is 0 Å². The van der Waals surface area contributed by atoms with Crippen molar-refractivity contribution in [3.63, 3.8) is 0 Å². The van der Waals surface area contributed by atoms with Gasteiger partial charge in [0.25, 0.3) is 0 Å². The van der Waals surface area contributed by atoms with Crippen molar-refractivity contribution in [1.82, 2.24) is 0 Å². The Bertz CT molecular complexity index is 395. The Balaban J connectivity index is 2.34. The zero-order chi connectivity index (χ0) is 11.7. The highest BCUT2D eigenvalue weighted by Gasteiger charge is 2.38. The van der Waals surface area contributed by atoms with Gasteiger partial charge >= 0.3 is 0 Å². The molecule has 1 aliphatic rings. The molecule has 0 aliphatic heterocycles. The SMILES string of the molecule is COc1ccc(C2CC2CN)c(Br)c1OC. The minimum absolute atomic E-state index is 0.569. The highest BCUT2D eigenvalue weighted by atomic mass is 79.9. The molecule has 3 nitrogen and oxygen atoms in total. The lowest BCUT2D eigenvalue weighted by molar-refractivity contribution is 0.352. The van der Waals surface area contributed by atoms with Gasteiger partial charge in [-0.1, -0.05) is 6.07 Å². The molecule has 0 saturated heterocycles. The van der Waals surface area contributed by atoms with Crippen LogP contribution in [0.4, 0.5) is 0 Å². The number of rotatable bonds is 4. The summed E-state index contributed by atoms with van der Waals surface area (Å²) in [5.41, 5.74) is 6.94. The Morgan fingerprint density at radius 3 is 2.62 bits per heavy atom. The standard InChI is InChI=1S/C12H16BrNO2/c1-15-10-4-3-8(9-5-7(9)6-14)11(13)12(10)16-2/h3-4,7,9H,5-6,14H2,1-2H3. The van der Waals surface area contributed by atoms with Crippen molar-refractivity contribution in [2.75, 3.05) is 20.8 Å². The van der Waals surface area contributed by atoms with Crippen LogP contribution in [0.1, 0.15) is 17.9 Å². The minimum Gasteiger partial charge on any atom is -0.493 e. The van der Waals surface area contributed by atoms with E-state index in [0.717, 1.165) is 22.5 Å². The first-order chi connectivity index (χ1) is 7.72. The monoisotopic (exact) mass is 285 g/mol. The third-order valence-electron chi connectivity index (χ3n) is 3.14. The molecule has 0 amide bonds. The third-order valence-corrected chi connectivity index (χ3v) is 3.96. The first kappa shape index (κ1) is 11.7. The van der Waals surface area contributed by atoms with Crippen LogP contribution in [-0.4, -0.2) is 20.8 Å². The molecule has 16 heavy (non-hydrogen) atoms. The van der Waals surface area contributed by atoms with Gasteiger partial charge in [-0.15, -0.1) is 0 Å². The molecular formula is C12H16BrNO2. The summed E-state index contributed by atoms with van der Waals surface area (Å²) in [5, 5.41) is 0. The Morgan fingerprint density at radius 2 is 2.12 bits per heavy atom. The maximum Gasteiger partial charge on any atom is 0.175 e. The van der Waals surface area contributed by atoms with E-state index < -0.39 is 0 Å². The summed E-state index contributed by atoms with van der Waals surface area (Å²) >= 11 is 3.58. The van der Waals surface area contributed by atoms with Crippen LogP contribution in [0.5, 0.6) is 11.5 Å². The van der Waals surface area contributed by atoms with E-state index in [0.29, 0.717) is 11.8 Å². The van der Waals surface area contributed by atoms with Crippen LogP contribution >= 0.6 is 15.9 Å². The normalized spacial score (nSPS) is 23.0. The maximum atomic E-state index is 5.67. The summed E-state index contributed by atoms with van der Waals surface area (Å²) in [6.07, 6.45) is 1.17. The average molecular weight is 286 g/mol. The summed E-state index contributed by atoms with van der Waals surface area (Å²) in [6, 6.07) is 4.04. The van der Waals surface area contributed by atoms with E-state index in [2.05, 4.69) is 22.0 Å². The zero-order valence-corrected chi connectivity index (χ0v) is 11.1. The van der Waals surface area contributed by atoms with E-state index in [1.165, 1.54) is 12.0 Å². The molecule has 0 aromatic heterocycles. The maximum absolute atomic E-state index is 5.67. The van der Waals surface area contributed by atoms with E-state index in [4.69, 9.17) is 15.2 Å². The molecule has 2 unspecified atom stereocenters. The lowest BCUT2D eigenvalue weighted by Crippen LogP contribution is -2.02. The van der Waals surface area contributed by atoms with Gasteiger partial charge in [-0.3, -0.25) is 0 Å². The molecule has 4 heteroatoms. The van der Waals surface area contributed by atoms with Gasteiger partial charge in [-0.2, -0.15) is 0 Å². The summed E-state index contributed by atoms with van der Waals surface area (Å²) < 4.78 is 11.6. The molecule has 2 atom stereocenters. The molecule has 0 heterocycles. The number of hydrogen-bond donors (Lipinski definition) is 1. The van der Waals surface area contributed by atoms with Crippen molar-refractivity contribution in [2.45, 2.75) is 12.3 Å². The van der Waals surface area contributed by atoms with Crippen LogP contribution in [0, 0.1) is 5.92 Å². The second kappa shape index (κ2) is 4.63. The van der Waals surface area contributed by atoms with E-state index in [-0.39, 0.29) is 0 Å². The molecule has 0 spiro atoms. The average Bonchev–Trinajstić information content (AvgIpc) is 3.07. The number of nitrogens with two attached hydrogens (primary N) is 1. The molecule has 2 rings (SSSR count). The number of hydrogen-bond acceptors (Lipinski definition) is 3. The number of methoxy groups -OCH3 is 2. The lowest BCUT2D eigenvalue weighted by atomic mass is 10.1. The summed E-state index contributed by atoms with van der Waals surface area (Å²) in [5.74, 6) is 2.71. The van der Waals surface area contributed by atoms with Gasteiger partial charge in [0, 0.05) is 0 Å². The lowest BCUT2D eigenvalue weighted by Gasteiger charge is -2.12. The van der Waals surface area contributed by atoms with Gasteiger partial charge in [-0.25, -0.2) is 0 Å². The quantitative estimate of drug-likeness (QED) is 0.925. The summed E-state index contributed by atoms with van der Waals surface area (Å²) in [7, 11) is 3.30. The zero-order valence-electron chi connectivity index (χ0n) is 9.50. The van der Waals surface area contributed by atoms with Crippen LogP contribution in [0.2, 0.25) is 0 Å². The smallest absolute Gasteiger partial charge is 0.175 e. The first-order valence-corrected chi connectivity index (χ1v) is 6.12. The van der Waals surface area contributed by atoms with Crippen molar-refractivity contribution in [2.24, 2.45) is 11.7 Å². The molecule has 1 aliphatic carbocycles. The van der Waals surface area contributed by atoms with Crippen LogP contribution in [0.25, 0.3) is 0 Å². The van der Waals surface area contributed by atoms with Crippen LogP contribution in [-0.2, 0) is 0 Å². The van der Waals surface area contributed by atoms with Crippen LogP contribution in [0.15, 0.2) is 16.6 Å². The van der Waals surface area contributed by atoms with Crippen molar-refractivity contribution < 1.29 is 9.47 Å². The number of ether oxygens (including phenoxy) is 2. The van der Waals surface area contributed by atoms with E-state index in [9.17, 15) is 0 Å². The van der Waals surface area contributed by atoms with Gasteiger partial charge in [-0.05, 0) is 52.4 Å². The number of halogens is 1. The van der Waals surface area contributed by atoms with Crippen molar-refractivity contribution >= 4 is 15.9 Å². The van der Waals surface area contributed by atoms with Gasteiger partial charge < -0.3 is 15.2 Å². The van der Waals surface area contributed by atoms with Gasteiger partial charge in [0.1, 0.15) is 0 Å². The number of benzene rings is 1. The van der Waals surface area contributed by atoms with E-state index in [1.807, 2.05) is 6.07 Å². The molecule has 1 fully saturated rings. The predicted octanol–water partition coefficient (Wildman–Crippen LogP) is 2.53. The van der Waals surface area contributed by atoms with Crippen molar-refractivity contribution in [1.29, 1.82) is 0 Å². The third kappa shape index (κ3) is 1.92. The summed E-state index contributed by atoms with van der Waals surface area (Å²) in [6.45, 7) is 0.755. The molecule has 1 saturated carbocycles. The fourth-order valence-electron chi connectivity index (χ4n) is 2.08. The fourth-order valence-corrected chi connectivity index (χ4v) is 2.86. The Morgan fingerprint density at radius 1 is 1.38 bits per heavy atom. The Labute approximate surface area is 104 Å².